The summed E-state index contributed by atoms with van der Waals surface area (Å²) in [6.45, 7) is 2.26. The van der Waals surface area contributed by atoms with Gasteiger partial charge in [0, 0.05) is 12.2 Å². The number of carbonyl (C=O) groups is 2. The SMILES string of the molecule is CCn1c(CC(=O)Nc2cccc(Cl)c2Cl)nnc1SCC(=O)Nc1cccc(C(F)(F)F)c1. The third-order valence-corrected chi connectivity index (χ3v) is 6.25. The van der Waals surface area contributed by atoms with Gasteiger partial charge >= 0.3 is 6.18 Å². The van der Waals surface area contributed by atoms with Crippen molar-refractivity contribution >= 4 is 58.2 Å². The number of hydrogen-bond donors (Lipinski definition) is 2. The zero-order valence-electron chi connectivity index (χ0n) is 17.6. The average molecular weight is 532 g/mol. The molecule has 2 amide bonds. The van der Waals surface area contributed by atoms with E-state index in [-0.39, 0.29) is 28.8 Å². The van der Waals surface area contributed by atoms with Crippen LogP contribution in [-0.2, 0) is 28.7 Å². The molecule has 0 unspecified atom stereocenters. The number of benzene rings is 2. The zero-order chi connectivity index (χ0) is 24.9. The highest BCUT2D eigenvalue weighted by atomic mass is 35.5. The highest BCUT2D eigenvalue weighted by Crippen LogP contribution is 2.31. The lowest BCUT2D eigenvalue weighted by atomic mass is 10.2. The predicted molar refractivity (Wildman–Crippen MR) is 125 cm³/mol. The van der Waals surface area contributed by atoms with Gasteiger partial charge in [0.2, 0.25) is 11.8 Å². The highest BCUT2D eigenvalue weighted by Gasteiger charge is 2.30. The topological polar surface area (TPSA) is 88.9 Å². The van der Waals surface area contributed by atoms with Crippen LogP contribution in [-0.4, -0.2) is 32.3 Å². The molecule has 0 aliphatic rings. The molecule has 0 saturated heterocycles. The number of aromatic nitrogens is 3. The van der Waals surface area contributed by atoms with Crippen LogP contribution in [0.15, 0.2) is 47.6 Å². The number of halogens is 5. The smallest absolute Gasteiger partial charge is 0.325 e. The first-order valence-electron chi connectivity index (χ1n) is 9.84. The van der Waals surface area contributed by atoms with Gasteiger partial charge in [-0.05, 0) is 37.3 Å². The van der Waals surface area contributed by atoms with Gasteiger partial charge < -0.3 is 15.2 Å². The Morgan fingerprint density at radius 3 is 2.50 bits per heavy atom. The van der Waals surface area contributed by atoms with E-state index in [1.807, 2.05) is 6.92 Å². The van der Waals surface area contributed by atoms with Crippen LogP contribution in [0, 0.1) is 0 Å². The van der Waals surface area contributed by atoms with E-state index in [1.165, 1.54) is 12.1 Å². The van der Waals surface area contributed by atoms with Gasteiger partial charge in [-0.15, -0.1) is 10.2 Å². The molecule has 0 aliphatic carbocycles. The maximum Gasteiger partial charge on any atom is 0.416 e. The molecule has 0 radical (unpaired) electrons. The fourth-order valence-electron chi connectivity index (χ4n) is 2.91. The number of rotatable bonds is 8. The number of alkyl halides is 3. The summed E-state index contributed by atoms with van der Waals surface area (Å²) < 4.78 is 40.2. The number of nitrogens with one attached hydrogen (secondary N) is 2. The van der Waals surface area contributed by atoms with Crippen molar-refractivity contribution in [2.24, 2.45) is 0 Å². The second kappa shape index (κ2) is 11.1. The molecular weight excluding hydrogens is 514 g/mol. The van der Waals surface area contributed by atoms with Crippen molar-refractivity contribution in [1.29, 1.82) is 0 Å². The van der Waals surface area contributed by atoms with Crippen molar-refractivity contribution in [2.45, 2.75) is 31.2 Å². The van der Waals surface area contributed by atoms with Crippen molar-refractivity contribution in [2.75, 3.05) is 16.4 Å². The molecule has 2 aromatic carbocycles. The van der Waals surface area contributed by atoms with Gasteiger partial charge in [0.1, 0.15) is 5.82 Å². The maximum absolute atomic E-state index is 12.8. The van der Waals surface area contributed by atoms with Gasteiger partial charge in [-0.2, -0.15) is 13.2 Å². The minimum atomic E-state index is -4.51. The van der Waals surface area contributed by atoms with Gasteiger partial charge in [-0.3, -0.25) is 9.59 Å². The van der Waals surface area contributed by atoms with Gasteiger partial charge in [0.25, 0.3) is 0 Å². The number of anilines is 2. The number of carbonyl (C=O) groups excluding carboxylic acids is 2. The van der Waals surface area contributed by atoms with Gasteiger partial charge in [-0.25, -0.2) is 0 Å². The highest BCUT2D eigenvalue weighted by molar-refractivity contribution is 7.99. The molecule has 0 bridgehead atoms. The van der Waals surface area contributed by atoms with Crippen LogP contribution < -0.4 is 10.6 Å². The Morgan fingerprint density at radius 1 is 1.06 bits per heavy atom. The minimum absolute atomic E-state index is 0.0365. The summed E-state index contributed by atoms with van der Waals surface area (Å²) in [6, 6.07) is 9.23. The van der Waals surface area contributed by atoms with Crippen LogP contribution in [0.25, 0.3) is 0 Å². The van der Waals surface area contributed by atoms with Crippen molar-refractivity contribution in [3.05, 3.63) is 63.9 Å². The lowest BCUT2D eigenvalue weighted by Gasteiger charge is -2.10. The van der Waals surface area contributed by atoms with Crippen molar-refractivity contribution in [3.8, 4) is 0 Å². The average Bonchev–Trinajstić information content (AvgIpc) is 3.16. The molecule has 3 rings (SSSR count). The Morgan fingerprint density at radius 2 is 1.79 bits per heavy atom. The second-order valence-corrected chi connectivity index (χ2v) is 8.61. The van der Waals surface area contributed by atoms with Crippen LogP contribution in [0.2, 0.25) is 10.0 Å². The Bertz CT molecular complexity index is 1200. The lowest BCUT2D eigenvalue weighted by Crippen LogP contribution is -2.18. The number of nitrogens with zero attached hydrogens (tertiary/aromatic N) is 3. The fourth-order valence-corrected chi connectivity index (χ4v) is 4.08. The molecule has 1 heterocycles. The standard InChI is InChI=1S/C21H18Cl2F3N5O2S/c1-2-31-16(10-17(32)28-15-8-4-7-14(22)19(15)23)29-30-20(31)34-11-18(33)27-13-6-3-5-12(9-13)21(24,25)26/h3-9H,2,10-11H2,1H3,(H,27,33)(H,28,32). The molecule has 2 N–H and O–H groups in total. The first kappa shape index (κ1) is 25.9. The quantitative estimate of drug-likeness (QED) is 0.372. The Hall–Kier alpha value is -2.76. The Kier molecular flexibility index (Phi) is 8.45. The van der Waals surface area contributed by atoms with E-state index in [0.717, 1.165) is 23.9 Å². The van der Waals surface area contributed by atoms with Gasteiger partial charge in [0.05, 0.1) is 33.5 Å². The monoisotopic (exact) mass is 531 g/mol. The second-order valence-electron chi connectivity index (χ2n) is 6.88. The van der Waals surface area contributed by atoms with Crippen molar-refractivity contribution in [3.63, 3.8) is 0 Å². The summed E-state index contributed by atoms with van der Waals surface area (Å²) in [6.07, 6.45) is -4.60. The molecule has 3 aromatic rings. The Balaban J connectivity index is 1.60. The molecule has 0 atom stereocenters. The molecule has 0 saturated carbocycles. The van der Waals surface area contributed by atoms with E-state index in [1.54, 1.807) is 22.8 Å². The molecule has 0 fully saturated rings. The fraction of sp³-hybridized carbons (Fsp3) is 0.238. The van der Waals surface area contributed by atoms with E-state index in [2.05, 4.69) is 20.8 Å². The molecule has 180 valence electrons. The summed E-state index contributed by atoms with van der Waals surface area (Å²) >= 11 is 13.1. The van der Waals surface area contributed by atoms with Crippen LogP contribution in [0.3, 0.4) is 0 Å². The third-order valence-electron chi connectivity index (χ3n) is 4.46. The van der Waals surface area contributed by atoms with E-state index in [9.17, 15) is 22.8 Å². The van der Waals surface area contributed by atoms with E-state index >= 15 is 0 Å². The number of thioether (sulfide) groups is 1. The van der Waals surface area contributed by atoms with Crippen molar-refractivity contribution < 1.29 is 22.8 Å². The zero-order valence-corrected chi connectivity index (χ0v) is 19.9. The largest absolute Gasteiger partial charge is 0.416 e. The first-order chi connectivity index (χ1) is 16.1. The third kappa shape index (κ3) is 6.64. The van der Waals surface area contributed by atoms with Crippen molar-refractivity contribution in [1.82, 2.24) is 14.8 Å². The molecule has 7 nitrogen and oxygen atoms in total. The lowest BCUT2D eigenvalue weighted by molar-refractivity contribution is -0.137. The van der Waals surface area contributed by atoms with E-state index < -0.39 is 17.6 Å². The normalized spacial score (nSPS) is 11.4. The molecule has 13 heteroatoms. The summed E-state index contributed by atoms with van der Waals surface area (Å²) in [4.78, 5) is 24.7. The molecule has 0 spiro atoms. The van der Waals surface area contributed by atoms with Crippen LogP contribution in [0.1, 0.15) is 18.3 Å². The van der Waals surface area contributed by atoms with E-state index in [0.29, 0.717) is 28.2 Å². The van der Waals surface area contributed by atoms with E-state index in [4.69, 9.17) is 23.2 Å². The number of hydrogen-bond acceptors (Lipinski definition) is 5. The minimum Gasteiger partial charge on any atom is -0.325 e. The summed E-state index contributed by atoms with van der Waals surface area (Å²) in [5.41, 5.74) is -0.456. The molecular formula is C21H18Cl2F3N5O2S. The van der Waals surface area contributed by atoms with Crippen LogP contribution >= 0.6 is 35.0 Å². The first-order valence-corrected chi connectivity index (χ1v) is 11.6. The predicted octanol–water partition coefficient (Wildman–Crippen LogP) is 5.54. The van der Waals surface area contributed by atoms with Gasteiger partial charge in [0.15, 0.2) is 5.16 Å². The Labute approximate surface area is 207 Å². The maximum atomic E-state index is 12.8. The summed E-state index contributed by atoms with van der Waals surface area (Å²) in [7, 11) is 0. The van der Waals surface area contributed by atoms with Gasteiger partial charge in [-0.1, -0.05) is 47.1 Å². The van der Waals surface area contributed by atoms with Crippen LogP contribution in [0.4, 0.5) is 24.5 Å². The van der Waals surface area contributed by atoms with Crippen LogP contribution in [0.5, 0.6) is 0 Å². The molecule has 34 heavy (non-hydrogen) atoms. The number of amides is 2. The molecule has 0 aliphatic heterocycles. The molecule has 1 aromatic heterocycles. The summed E-state index contributed by atoms with van der Waals surface area (Å²) in [5.74, 6) is -0.632. The summed E-state index contributed by atoms with van der Waals surface area (Å²) in [5, 5.41) is 14.1.